The van der Waals surface area contributed by atoms with E-state index >= 15 is 0 Å². The van der Waals surface area contributed by atoms with E-state index in [1.54, 1.807) is 18.2 Å². The highest BCUT2D eigenvalue weighted by atomic mass is 19.1. The largest absolute Gasteiger partial charge is 0.352 e. The van der Waals surface area contributed by atoms with Gasteiger partial charge in [0.05, 0.1) is 5.69 Å². The summed E-state index contributed by atoms with van der Waals surface area (Å²) in [5.74, 6) is -0.0901. The monoisotopic (exact) mass is 474 g/mol. The highest BCUT2D eigenvalue weighted by molar-refractivity contribution is 5.98. The lowest BCUT2D eigenvalue weighted by molar-refractivity contribution is -0.122. The predicted octanol–water partition coefficient (Wildman–Crippen LogP) is 3.38. The maximum Gasteiger partial charge on any atom is 0.267 e. The van der Waals surface area contributed by atoms with Crippen molar-refractivity contribution in [1.29, 1.82) is 0 Å². The van der Waals surface area contributed by atoms with Gasteiger partial charge < -0.3 is 10.2 Å². The Morgan fingerprint density at radius 1 is 0.971 bits per heavy atom. The molecule has 7 nitrogen and oxygen atoms in total. The topological polar surface area (TPSA) is 84.3 Å². The van der Waals surface area contributed by atoms with Gasteiger partial charge in [-0.15, -0.1) is 0 Å². The number of hydrogen-bond donors (Lipinski definition) is 1. The molecule has 3 aromatic rings. The van der Waals surface area contributed by atoms with Crippen LogP contribution in [0.3, 0.4) is 0 Å². The standard InChI is InChI=1S/C27H27FN4O3/c28-21-9-7-19(8-10-21)24-13-14-26(34)32(30-24)17-25(33)29-22-11-5-18(6-12-22)15-31-16-20-3-1-2-4-23(20)27(31)35/h1-4,7-10,13-14,18,22H,5-6,11-12,15-17H2,(H,29,33). The van der Waals surface area contributed by atoms with E-state index < -0.39 is 0 Å². The Bertz CT molecular complexity index is 1300. The summed E-state index contributed by atoms with van der Waals surface area (Å²) in [4.78, 5) is 39.4. The highest BCUT2D eigenvalue weighted by Crippen LogP contribution is 2.29. The minimum Gasteiger partial charge on any atom is -0.352 e. The lowest BCUT2D eigenvalue weighted by Gasteiger charge is -2.31. The van der Waals surface area contributed by atoms with E-state index in [0.29, 0.717) is 23.7 Å². The second-order valence-electron chi connectivity index (χ2n) is 9.35. The summed E-state index contributed by atoms with van der Waals surface area (Å²) in [5.41, 5.74) is 2.69. The van der Waals surface area contributed by atoms with Crippen molar-refractivity contribution in [2.45, 2.75) is 44.8 Å². The van der Waals surface area contributed by atoms with E-state index in [9.17, 15) is 18.8 Å². The molecule has 5 rings (SSSR count). The number of carbonyl (C=O) groups excluding carboxylic acids is 2. The maximum atomic E-state index is 13.2. The molecule has 1 saturated carbocycles. The molecule has 180 valence electrons. The van der Waals surface area contributed by atoms with Crippen molar-refractivity contribution in [3.8, 4) is 11.3 Å². The molecule has 2 heterocycles. The van der Waals surface area contributed by atoms with Crippen LogP contribution in [0.5, 0.6) is 0 Å². The first kappa shape index (κ1) is 23.0. The molecule has 0 radical (unpaired) electrons. The SMILES string of the molecule is O=C(Cn1nc(-c2ccc(F)cc2)ccc1=O)NC1CCC(CN2Cc3ccccc3C2=O)CC1. The van der Waals surface area contributed by atoms with E-state index in [0.717, 1.165) is 48.0 Å². The number of amides is 2. The van der Waals surface area contributed by atoms with Gasteiger partial charge in [0, 0.05) is 36.3 Å². The zero-order chi connectivity index (χ0) is 24.4. The van der Waals surface area contributed by atoms with Crippen molar-refractivity contribution < 1.29 is 14.0 Å². The zero-order valence-corrected chi connectivity index (χ0v) is 19.3. The summed E-state index contributed by atoms with van der Waals surface area (Å²) in [7, 11) is 0. The van der Waals surface area contributed by atoms with Crippen molar-refractivity contribution in [1.82, 2.24) is 20.0 Å². The lowest BCUT2D eigenvalue weighted by Crippen LogP contribution is -2.42. The summed E-state index contributed by atoms with van der Waals surface area (Å²) in [5, 5.41) is 7.31. The van der Waals surface area contributed by atoms with E-state index in [1.807, 2.05) is 29.2 Å². The zero-order valence-electron chi connectivity index (χ0n) is 19.3. The number of halogens is 1. The van der Waals surface area contributed by atoms with Gasteiger partial charge in [-0.05, 0) is 73.6 Å². The average Bonchev–Trinajstić information content (AvgIpc) is 3.17. The summed E-state index contributed by atoms with van der Waals surface area (Å²) in [6.07, 6.45) is 3.54. The van der Waals surface area contributed by atoms with Gasteiger partial charge in [0.2, 0.25) is 5.91 Å². The van der Waals surface area contributed by atoms with Crippen LogP contribution in [0.15, 0.2) is 65.5 Å². The molecule has 1 aliphatic carbocycles. The molecule has 0 bridgehead atoms. The molecule has 8 heteroatoms. The van der Waals surface area contributed by atoms with Crippen molar-refractivity contribution in [2.75, 3.05) is 6.54 Å². The second-order valence-corrected chi connectivity index (χ2v) is 9.35. The Hall–Kier alpha value is -3.81. The van der Waals surface area contributed by atoms with Gasteiger partial charge in [0.15, 0.2) is 0 Å². The van der Waals surface area contributed by atoms with Crippen LogP contribution in [0, 0.1) is 11.7 Å². The van der Waals surface area contributed by atoms with Crippen molar-refractivity contribution in [3.05, 3.63) is 88.0 Å². The third-order valence-electron chi connectivity index (χ3n) is 6.89. The van der Waals surface area contributed by atoms with E-state index in [1.165, 1.54) is 18.2 Å². The Labute approximate surface area is 202 Å². The van der Waals surface area contributed by atoms with Gasteiger partial charge in [-0.1, -0.05) is 18.2 Å². The number of nitrogens with one attached hydrogen (secondary N) is 1. The predicted molar refractivity (Wildman–Crippen MR) is 129 cm³/mol. The lowest BCUT2D eigenvalue weighted by atomic mass is 9.85. The first-order chi connectivity index (χ1) is 17.0. The number of carbonyl (C=O) groups is 2. The van der Waals surface area contributed by atoms with Gasteiger partial charge in [-0.2, -0.15) is 5.10 Å². The van der Waals surface area contributed by atoms with Crippen LogP contribution in [0.25, 0.3) is 11.3 Å². The number of benzene rings is 2. The van der Waals surface area contributed by atoms with Crippen molar-refractivity contribution in [2.24, 2.45) is 5.92 Å². The molecule has 2 amide bonds. The number of nitrogens with zero attached hydrogens (tertiary/aromatic N) is 3. The minimum absolute atomic E-state index is 0.0428. The summed E-state index contributed by atoms with van der Waals surface area (Å²) >= 11 is 0. The first-order valence-electron chi connectivity index (χ1n) is 12.0. The van der Waals surface area contributed by atoms with Gasteiger partial charge in [0.25, 0.3) is 11.5 Å². The third kappa shape index (κ3) is 5.16. The third-order valence-corrected chi connectivity index (χ3v) is 6.89. The van der Waals surface area contributed by atoms with Gasteiger partial charge in [0.1, 0.15) is 12.4 Å². The fourth-order valence-corrected chi connectivity index (χ4v) is 5.01. The molecule has 0 atom stereocenters. The highest BCUT2D eigenvalue weighted by Gasteiger charge is 2.30. The molecule has 1 aliphatic heterocycles. The molecule has 2 aromatic carbocycles. The van der Waals surface area contributed by atoms with Crippen LogP contribution in [0.2, 0.25) is 0 Å². The number of rotatable bonds is 6. The fraction of sp³-hybridized carbons (Fsp3) is 0.333. The average molecular weight is 475 g/mol. The maximum absolute atomic E-state index is 13.2. The molecule has 0 unspecified atom stereocenters. The summed E-state index contributed by atoms with van der Waals surface area (Å²) in [6, 6.07) is 16.6. The smallest absolute Gasteiger partial charge is 0.267 e. The number of aromatic nitrogens is 2. The van der Waals surface area contributed by atoms with E-state index in [-0.39, 0.29) is 35.8 Å². The summed E-state index contributed by atoms with van der Waals surface area (Å²) in [6.45, 7) is 1.24. The van der Waals surface area contributed by atoms with Crippen LogP contribution < -0.4 is 10.9 Å². The normalized spacial score (nSPS) is 19.5. The Balaban J connectivity index is 1.13. The van der Waals surface area contributed by atoms with Crippen LogP contribution in [0.1, 0.15) is 41.6 Å². The minimum atomic E-state index is -0.369. The second kappa shape index (κ2) is 9.82. The van der Waals surface area contributed by atoms with Crippen LogP contribution in [-0.2, 0) is 17.9 Å². The quantitative estimate of drug-likeness (QED) is 0.594. The van der Waals surface area contributed by atoms with Crippen LogP contribution >= 0.6 is 0 Å². The molecule has 0 saturated heterocycles. The van der Waals surface area contributed by atoms with Gasteiger partial charge >= 0.3 is 0 Å². The molecule has 35 heavy (non-hydrogen) atoms. The van der Waals surface area contributed by atoms with Gasteiger partial charge in [-0.3, -0.25) is 14.4 Å². The number of hydrogen-bond acceptors (Lipinski definition) is 4. The molecule has 0 spiro atoms. The molecular weight excluding hydrogens is 447 g/mol. The Morgan fingerprint density at radius 2 is 1.71 bits per heavy atom. The molecule has 2 aliphatic rings. The van der Waals surface area contributed by atoms with Crippen molar-refractivity contribution >= 4 is 11.8 Å². The Kier molecular flexibility index (Phi) is 6.44. The fourth-order valence-electron chi connectivity index (χ4n) is 5.01. The number of fused-ring (bicyclic) bond motifs is 1. The van der Waals surface area contributed by atoms with Gasteiger partial charge in [-0.25, -0.2) is 9.07 Å². The van der Waals surface area contributed by atoms with E-state index in [2.05, 4.69) is 10.4 Å². The molecule has 1 N–H and O–H groups in total. The van der Waals surface area contributed by atoms with E-state index in [4.69, 9.17) is 0 Å². The molecular formula is C27H27FN4O3. The van der Waals surface area contributed by atoms with Crippen molar-refractivity contribution in [3.63, 3.8) is 0 Å². The van der Waals surface area contributed by atoms with Crippen LogP contribution in [-0.4, -0.2) is 39.1 Å². The summed E-state index contributed by atoms with van der Waals surface area (Å²) < 4.78 is 14.3. The molecule has 1 fully saturated rings. The molecule has 1 aromatic heterocycles. The van der Waals surface area contributed by atoms with Crippen LogP contribution in [0.4, 0.5) is 4.39 Å². The first-order valence-corrected chi connectivity index (χ1v) is 12.0. The Morgan fingerprint density at radius 3 is 2.46 bits per heavy atom.